The SMILES string of the molecule is CCc1cc([C@@H]2CCCN2C(=O)c2cc(C)no2)on1. The number of likely N-dealkylation sites (tertiary alicyclic amines) is 1. The molecule has 0 unspecified atom stereocenters. The van der Waals surface area contributed by atoms with Crippen molar-refractivity contribution in [2.75, 3.05) is 6.54 Å². The van der Waals surface area contributed by atoms with E-state index in [-0.39, 0.29) is 17.7 Å². The first-order valence-electron chi connectivity index (χ1n) is 6.89. The first-order chi connectivity index (χ1) is 9.69. The van der Waals surface area contributed by atoms with Crippen molar-refractivity contribution < 1.29 is 13.8 Å². The zero-order valence-corrected chi connectivity index (χ0v) is 11.6. The van der Waals surface area contributed by atoms with Gasteiger partial charge in [0.15, 0.2) is 5.76 Å². The van der Waals surface area contributed by atoms with E-state index in [2.05, 4.69) is 10.3 Å². The molecule has 0 radical (unpaired) electrons. The standard InChI is InChI=1S/C14H17N3O3/c1-3-10-8-12(19-16-10)11-5-4-6-17(11)14(18)13-7-9(2)15-20-13/h7-8,11H,3-6H2,1-2H3/t11-/m0/s1. The lowest BCUT2D eigenvalue weighted by Gasteiger charge is -2.20. The number of hydrogen-bond donors (Lipinski definition) is 0. The predicted molar refractivity (Wildman–Crippen MR) is 70.1 cm³/mol. The smallest absolute Gasteiger partial charge is 0.293 e. The molecule has 20 heavy (non-hydrogen) atoms. The molecule has 3 heterocycles. The Morgan fingerprint density at radius 1 is 1.40 bits per heavy atom. The van der Waals surface area contributed by atoms with Crippen molar-refractivity contribution >= 4 is 5.91 Å². The molecule has 0 aromatic carbocycles. The molecule has 1 atom stereocenters. The van der Waals surface area contributed by atoms with Gasteiger partial charge in [0.05, 0.1) is 17.4 Å². The van der Waals surface area contributed by atoms with E-state index >= 15 is 0 Å². The number of carbonyl (C=O) groups is 1. The zero-order valence-electron chi connectivity index (χ0n) is 11.6. The maximum atomic E-state index is 12.5. The summed E-state index contributed by atoms with van der Waals surface area (Å²) in [5, 5.41) is 7.77. The fraction of sp³-hybridized carbons (Fsp3) is 0.500. The second-order valence-corrected chi connectivity index (χ2v) is 5.06. The molecule has 0 spiro atoms. The van der Waals surface area contributed by atoms with Gasteiger partial charge in [0.1, 0.15) is 0 Å². The Bertz CT molecular complexity index is 617. The molecule has 1 fully saturated rings. The Morgan fingerprint density at radius 3 is 2.90 bits per heavy atom. The molecule has 0 aliphatic carbocycles. The summed E-state index contributed by atoms with van der Waals surface area (Å²) < 4.78 is 10.4. The summed E-state index contributed by atoms with van der Waals surface area (Å²) in [5.41, 5.74) is 1.62. The lowest BCUT2D eigenvalue weighted by Crippen LogP contribution is -2.30. The number of rotatable bonds is 3. The lowest BCUT2D eigenvalue weighted by atomic mass is 10.1. The summed E-state index contributed by atoms with van der Waals surface area (Å²) in [7, 11) is 0. The lowest BCUT2D eigenvalue weighted by molar-refractivity contribution is 0.0672. The zero-order chi connectivity index (χ0) is 14.1. The van der Waals surface area contributed by atoms with Crippen molar-refractivity contribution in [2.24, 2.45) is 0 Å². The fourth-order valence-electron chi connectivity index (χ4n) is 2.56. The van der Waals surface area contributed by atoms with Gasteiger partial charge in [0.2, 0.25) is 5.76 Å². The van der Waals surface area contributed by atoms with Gasteiger partial charge in [-0.3, -0.25) is 4.79 Å². The molecule has 1 aliphatic heterocycles. The number of amides is 1. The van der Waals surface area contributed by atoms with Gasteiger partial charge in [-0.05, 0) is 26.2 Å². The third kappa shape index (κ3) is 2.21. The molecule has 3 rings (SSSR count). The van der Waals surface area contributed by atoms with Gasteiger partial charge in [0, 0.05) is 18.7 Å². The van der Waals surface area contributed by atoms with E-state index < -0.39 is 0 Å². The average molecular weight is 275 g/mol. The normalized spacial score (nSPS) is 18.7. The highest BCUT2D eigenvalue weighted by atomic mass is 16.5. The van der Waals surface area contributed by atoms with Gasteiger partial charge in [-0.1, -0.05) is 17.2 Å². The number of nitrogens with zero attached hydrogens (tertiary/aromatic N) is 3. The van der Waals surface area contributed by atoms with Crippen LogP contribution in [0.1, 0.15) is 53.5 Å². The summed E-state index contributed by atoms with van der Waals surface area (Å²) in [5.74, 6) is 0.899. The number of carbonyl (C=O) groups excluding carboxylic acids is 1. The molecule has 1 saturated heterocycles. The molecule has 2 aromatic heterocycles. The Balaban J connectivity index is 1.83. The minimum atomic E-state index is -0.137. The maximum absolute atomic E-state index is 12.5. The molecule has 6 nitrogen and oxygen atoms in total. The van der Waals surface area contributed by atoms with Crippen molar-refractivity contribution in [3.05, 3.63) is 35.0 Å². The minimum Gasteiger partial charge on any atom is -0.359 e. The second-order valence-electron chi connectivity index (χ2n) is 5.06. The summed E-state index contributed by atoms with van der Waals surface area (Å²) in [6, 6.07) is 3.54. The van der Waals surface area contributed by atoms with E-state index in [1.54, 1.807) is 17.9 Å². The topological polar surface area (TPSA) is 72.4 Å². The molecule has 106 valence electrons. The molecular weight excluding hydrogens is 258 g/mol. The van der Waals surface area contributed by atoms with Gasteiger partial charge in [-0.25, -0.2) is 0 Å². The summed E-state index contributed by atoms with van der Waals surface area (Å²) in [6.07, 6.45) is 2.66. The minimum absolute atomic E-state index is 0.0549. The Labute approximate surface area is 116 Å². The van der Waals surface area contributed by atoms with E-state index in [0.29, 0.717) is 12.2 Å². The van der Waals surface area contributed by atoms with Crippen LogP contribution < -0.4 is 0 Å². The average Bonchev–Trinajstić information content (AvgIpc) is 3.17. The number of aryl methyl sites for hydroxylation is 2. The number of hydrogen-bond acceptors (Lipinski definition) is 5. The van der Waals surface area contributed by atoms with E-state index in [9.17, 15) is 4.79 Å². The monoisotopic (exact) mass is 275 g/mol. The van der Waals surface area contributed by atoms with E-state index in [0.717, 1.165) is 30.7 Å². The molecule has 0 saturated carbocycles. The summed E-state index contributed by atoms with van der Waals surface area (Å²) >= 11 is 0. The highest BCUT2D eigenvalue weighted by molar-refractivity contribution is 5.91. The van der Waals surface area contributed by atoms with Gasteiger partial charge < -0.3 is 13.9 Å². The Hall–Kier alpha value is -2.11. The van der Waals surface area contributed by atoms with E-state index in [4.69, 9.17) is 9.05 Å². The Morgan fingerprint density at radius 2 is 2.25 bits per heavy atom. The molecular formula is C14H17N3O3. The van der Waals surface area contributed by atoms with Crippen molar-refractivity contribution in [1.82, 2.24) is 15.2 Å². The van der Waals surface area contributed by atoms with Gasteiger partial charge in [-0.15, -0.1) is 0 Å². The number of aromatic nitrogens is 2. The third-order valence-corrected chi connectivity index (χ3v) is 3.62. The summed E-state index contributed by atoms with van der Waals surface area (Å²) in [4.78, 5) is 14.2. The molecule has 1 aliphatic rings. The van der Waals surface area contributed by atoms with Crippen LogP contribution >= 0.6 is 0 Å². The van der Waals surface area contributed by atoms with Crippen LogP contribution in [0, 0.1) is 6.92 Å². The summed E-state index contributed by atoms with van der Waals surface area (Å²) in [6.45, 7) is 4.52. The highest BCUT2D eigenvalue weighted by Crippen LogP contribution is 2.33. The van der Waals surface area contributed by atoms with E-state index in [1.165, 1.54) is 0 Å². The van der Waals surface area contributed by atoms with Gasteiger partial charge in [0.25, 0.3) is 5.91 Å². The van der Waals surface area contributed by atoms with E-state index in [1.807, 2.05) is 13.0 Å². The second kappa shape index (κ2) is 5.11. The van der Waals surface area contributed by atoms with Crippen LogP contribution in [-0.2, 0) is 6.42 Å². The van der Waals surface area contributed by atoms with Gasteiger partial charge >= 0.3 is 0 Å². The first-order valence-corrected chi connectivity index (χ1v) is 6.89. The van der Waals surface area contributed by atoms with Crippen molar-refractivity contribution in [1.29, 1.82) is 0 Å². The first kappa shape index (κ1) is 12.9. The quantitative estimate of drug-likeness (QED) is 0.860. The third-order valence-electron chi connectivity index (χ3n) is 3.62. The molecule has 0 N–H and O–H groups in total. The molecule has 0 bridgehead atoms. The van der Waals surface area contributed by atoms with Crippen molar-refractivity contribution in [2.45, 2.75) is 39.2 Å². The molecule has 6 heteroatoms. The van der Waals surface area contributed by atoms with Crippen molar-refractivity contribution in [3.63, 3.8) is 0 Å². The van der Waals surface area contributed by atoms with Crippen LogP contribution in [0.5, 0.6) is 0 Å². The van der Waals surface area contributed by atoms with Crippen LogP contribution in [0.15, 0.2) is 21.2 Å². The molecule has 2 aromatic rings. The van der Waals surface area contributed by atoms with Crippen LogP contribution in [0.25, 0.3) is 0 Å². The van der Waals surface area contributed by atoms with Crippen LogP contribution in [0.2, 0.25) is 0 Å². The van der Waals surface area contributed by atoms with Crippen LogP contribution in [0.4, 0.5) is 0 Å². The van der Waals surface area contributed by atoms with Crippen molar-refractivity contribution in [3.8, 4) is 0 Å². The Kier molecular flexibility index (Phi) is 3.30. The van der Waals surface area contributed by atoms with Gasteiger partial charge in [-0.2, -0.15) is 0 Å². The molecule has 1 amide bonds. The van der Waals surface area contributed by atoms with Crippen LogP contribution in [-0.4, -0.2) is 27.7 Å². The predicted octanol–water partition coefficient (Wildman–Crippen LogP) is 2.51. The highest BCUT2D eigenvalue weighted by Gasteiger charge is 2.34. The fourth-order valence-corrected chi connectivity index (χ4v) is 2.56. The largest absolute Gasteiger partial charge is 0.359 e. The van der Waals surface area contributed by atoms with Crippen LogP contribution in [0.3, 0.4) is 0 Å². The maximum Gasteiger partial charge on any atom is 0.293 e.